The Hall–Kier alpha value is -2.40. The van der Waals surface area contributed by atoms with Crippen LogP contribution in [0.15, 0.2) is 24.3 Å². The van der Waals surface area contributed by atoms with Crippen molar-refractivity contribution in [1.82, 2.24) is 15.2 Å². The van der Waals surface area contributed by atoms with Crippen molar-refractivity contribution < 1.29 is 9.59 Å². The highest BCUT2D eigenvalue weighted by Gasteiger charge is 2.26. The molecule has 1 amide bonds. The molecular weight excluding hydrogens is 374 g/mol. The quantitative estimate of drug-likeness (QED) is 0.779. The zero-order chi connectivity index (χ0) is 21.3. The summed E-state index contributed by atoms with van der Waals surface area (Å²) in [5.74, 6) is 1.47. The minimum absolute atomic E-state index is 0.135. The number of H-pyrrole nitrogens is 1. The molecule has 1 aromatic carbocycles. The van der Waals surface area contributed by atoms with E-state index in [4.69, 9.17) is 0 Å². The van der Waals surface area contributed by atoms with Crippen LogP contribution < -0.4 is 5.32 Å². The molecule has 2 aliphatic rings. The smallest absolute Gasteiger partial charge is 0.268 e. The Bertz CT molecular complexity index is 936. The first-order valence-electron chi connectivity index (χ1n) is 11.2. The number of ketones is 1. The lowest BCUT2D eigenvalue weighted by Crippen LogP contribution is -2.38. The van der Waals surface area contributed by atoms with Crippen LogP contribution in [0.3, 0.4) is 0 Å². The molecule has 2 unspecified atom stereocenters. The highest BCUT2D eigenvalue weighted by Crippen LogP contribution is 2.27. The summed E-state index contributed by atoms with van der Waals surface area (Å²) >= 11 is 0. The van der Waals surface area contributed by atoms with Crippen LogP contribution in [-0.2, 0) is 19.5 Å². The number of aromatic nitrogens is 1. The van der Waals surface area contributed by atoms with Crippen molar-refractivity contribution in [1.29, 1.82) is 0 Å². The molecule has 30 heavy (non-hydrogen) atoms. The van der Waals surface area contributed by atoms with Crippen molar-refractivity contribution in [3.63, 3.8) is 0 Å². The van der Waals surface area contributed by atoms with E-state index in [-0.39, 0.29) is 11.7 Å². The van der Waals surface area contributed by atoms with E-state index in [9.17, 15) is 9.59 Å². The maximum absolute atomic E-state index is 12.9. The normalized spacial score (nSPS) is 22.0. The number of nitrogens with zero attached hydrogens (tertiary/aromatic N) is 1. The van der Waals surface area contributed by atoms with Crippen molar-refractivity contribution >= 4 is 11.7 Å². The van der Waals surface area contributed by atoms with E-state index in [0.29, 0.717) is 18.7 Å². The fraction of sp³-hybridized carbons (Fsp3) is 0.520. The summed E-state index contributed by atoms with van der Waals surface area (Å²) in [6.07, 6.45) is 3.57. The average molecular weight is 408 g/mol. The summed E-state index contributed by atoms with van der Waals surface area (Å²) in [6.45, 7) is 10.2. The minimum atomic E-state index is -0.135. The molecule has 0 radical (unpaired) electrons. The molecule has 4 rings (SSSR count). The van der Waals surface area contributed by atoms with Crippen molar-refractivity contribution in [3.05, 3.63) is 57.9 Å². The minimum Gasteiger partial charge on any atom is -0.354 e. The fourth-order valence-corrected chi connectivity index (χ4v) is 5.31. The Labute approximate surface area is 179 Å². The number of likely N-dealkylation sites (tertiary alicyclic amines) is 1. The van der Waals surface area contributed by atoms with E-state index in [0.717, 1.165) is 66.7 Å². The molecule has 2 N–H and O–H groups in total. The Morgan fingerprint density at radius 1 is 1.13 bits per heavy atom. The highest BCUT2D eigenvalue weighted by atomic mass is 16.2. The SMILES string of the molecule is Cc1c(C(=O)NCc2ccccc2CN2CC(C)CC(C)C2)[nH]c2c1C(=O)CCC2. The highest BCUT2D eigenvalue weighted by molar-refractivity contribution is 6.04. The third-order valence-corrected chi connectivity index (χ3v) is 6.56. The number of piperidine rings is 1. The van der Waals surface area contributed by atoms with Crippen molar-refractivity contribution in [2.75, 3.05) is 13.1 Å². The number of aromatic amines is 1. The van der Waals surface area contributed by atoms with Crippen LogP contribution in [0, 0.1) is 18.8 Å². The lowest BCUT2D eigenvalue weighted by molar-refractivity contribution is 0.0944. The van der Waals surface area contributed by atoms with Gasteiger partial charge in [0.2, 0.25) is 0 Å². The number of rotatable bonds is 5. The largest absolute Gasteiger partial charge is 0.354 e. The monoisotopic (exact) mass is 407 g/mol. The van der Waals surface area contributed by atoms with Gasteiger partial charge in [0.25, 0.3) is 5.91 Å². The molecule has 5 nitrogen and oxygen atoms in total. The summed E-state index contributed by atoms with van der Waals surface area (Å²) in [5.41, 5.74) is 5.41. The van der Waals surface area contributed by atoms with Crippen LogP contribution in [0.1, 0.15) is 76.3 Å². The number of hydrogen-bond acceptors (Lipinski definition) is 3. The van der Waals surface area contributed by atoms with E-state index in [1.807, 2.05) is 13.0 Å². The average Bonchev–Trinajstić information content (AvgIpc) is 3.04. The molecule has 2 atom stereocenters. The third-order valence-electron chi connectivity index (χ3n) is 6.56. The van der Waals surface area contributed by atoms with Gasteiger partial charge >= 0.3 is 0 Å². The van der Waals surface area contributed by atoms with Gasteiger partial charge in [-0.3, -0.25) is 14.5 Å². The maximum Gasteiger partial charge on any atom is 0.268 e. The number of benzene rings is 1. The predicted molar refractivity (Wildman–Crippen MR) is 119 cm³/mol. The first-order valence-corrected chi connectivity index (χ1v) is 11.2. The van der Waals surface area contributed by atoms with Gasteiger partial charge in [0.1, 0.15) is 5.69 Å². The molecule has 1 aliphatic carbocycles. The van der Waals surface area contributed by atoms with E-state index < -0.39 is 0 Å². The van der Waals surface area contributed by atoms with Gasteiger partial charge in [-0.1, -0.05) is 38.1 Å². The number of hydrogen-bond donors (Lipinski definition) is 2. The molecule has 160 valence electrons. The summed E-state index contributed by atoms with van der Waals surface area (Å²) in [6, 6.07) is 8.38. The Morgan fingerprint density at radius 3 is 2.53 bits per heavy atom. The standard InChI is InChI=1S/C25H33N3O2/c1-16-11-17(2)14-28(13-16)15-20-8-5-4-7-19(20)12-26-25(30)24-18(3)23-21(27-24)9-6-10-22(23)29/h4-5,7-8,16-17,27H,6,9-15H2,1-3H3,(H,26,30). The number of Topliss-reactive ketones (excluding diaryl/α,β-unsaturated/α-hetero) is 1. The van der Waals surface area contributed by atoms with Crippen molar-refractivity contribution in [3.8, 4) is 0 Å². The first kappa shape index (κ1) is 20.9. The summed E-state index contributed by atoms with van der Waals surface area (Å²) in [4.78, 5) is 30.9. The molecule has 0 saturated carbocycles. The summed E-state index contributed by atoms with van der Waals surface area (Å²) in [5, 5.41) is 3.08. The van der Waals surface area contributed by atoms with Gasteiger partial charge in [-0.2, -0.15) is 0 Å². The fourth-order valence-electron chi connectivity index (χ4n) is 5.31. The Morgan fingerprint density at radius 2 is 1.83 bits per heavy atom. The molecule has 1 saturated heterocycles. The van der Waals surface area contributed by atoms with Crippen LogP contribution in [-0.4, -0.2) is 34.7 Å². The molecular formula is C25H33N3O2. The van der Waals surface area contributed by atoms with Crippen LogP contribution >= 0.6 is 0 Å². The molecule has 0 bridgehead atoms. The number of nitrogens with one attached hydrogen (secondary N) is 2. The number of carbonyl (C=O) groups is 2. The molecule has 0 spiro atoms. The molecule has 2 heterocycles. The van der Waals surface area contributed by atoms with Crippen LogP contribution in [0.4, 0.5) is 0 Å². The molecule has 1 aromatic heterocycles. The molecule has 1 aliphatic heterocycles. The van der Waals surface area contributed by atoms with Gasteiger partial charge < -0.3 is 10.3 Å². The second kappa shape index (κ2) is 8.76. The summed E-state index contributed by atoms with van der Waals surface area (Å²) < 4.78 is 0. The van der Waals surface area contributed by atoms with Crippen LogP contribution in [0.5, 0.6) is 0 Å². The van der Waals surface area contributed by atoms with Gasteiger partial charge in [-0.05, 0) is 54.7 Å². The Balaban J connectivity index is 1.45. The van der Waals surface area contributed by atoms with Gasteiger partial charge in [0.15, 0.2) is 5.78 Å². The second-order valence-electron chi connectivity index (χ2n) is 9.35. The number of carbonyl (C=O) groups excluding carboxylic acids is 2. The predicted octanol–water partition coefficient (Wildman–Crippen LogP) is 4.25. The van der Waals surface area contributed by atoms with Gasteiger partial charge in [-0.15, -0.1) is 0 Å². The molecule has 5 heteroatoms. The number of aryl methyl sites for hydroxylation is 1. The Kier molecular flexibility index (Phi) is 6.09. The maximum atomic E-state index is 12.9. The van der Waals surface area contributed by atoms with Crippen molar-refractivity contribution in [2.45, 2.75) is 59.5 Å². The summed E-state index contributed by atoms with van der Waals surface area (Å²) in [7, 11) is 0. The third kappa shape index (κ3) is 4.36. The lowest BCUT2D eigenvalue weighted by atomic mass is 9.91. The van der Waals surface area contributed by atoms with Crippen LogP contribution in [0.2, 0.25) is 0 Å². The number of fused-ring (bicyclic) bond motifs is 1. The first-order chi connectivity index (χ1) is 14.4. The van der Waals surface area contributed by atoms with Gasteiger partial charge in [0, 0.05) is 43.9 Å². The van der Waals surface area contributed by atoms with Crippen LogP contribution in [0.25, 0.3) is 0 Å². The molecule has 2 aromatic rings. The molecule has 1 fully saturated rings. The number of amides is 1. The van der Waals surface area contributed by atoms with E-state index in [2.05, 4.69) is 47.2 Å². The lowest BCUT2D eigenvalue weighted by Gasteiger charge is -2.35. The van der Waals surface area contributed by atoms with E-state index in [1.165, 1.54) is 12.0 Å². The van der Waals surface area contributed by atoms with Gasteiger partial charge in [0.05, 0.1) is 0 Å². The zero-order valence-electron chi connectivity index (χ0n) is 18.4. The van der Waals surface area contributed by atoms with E-state index >= 15 is 0 Å². The van der Waals surface area contributed by atoms with E-state index in [1.54, 1.807) is 0 Å². The topological polar surface area (TPSA) is 65.2 Å². The van der Waals surface area contributed by atoms with Gasteiger partial charge in [-0.25, -0.2) is 0 Å². The second-order valence-corrected chi connectivity index (χ2v) is 9.35. The van der Waals surface area contributed by atoms with Crippen molar-refractivity contribution in [2.24, 2.45) is 11.8 Å². The zero-order valence-corrected chi connectivity index (χ0v) is 18.4.